The zero-order valence-electron chi connectivity index (χ0n) is 14.2. The van der Waals surface area contributed by atoms with Crippen molar-refractivity contribution in [2.45, 2.75) is 32.2 Å². The van der Waals surface area contributed by atoms with Crippen molar-refractivity contribution in [1.29, 1.82) is 0 Å². The summed E-state index contributed by atoms with van der Waals surface area (Å²) < 4.78 is 1.99. The van der Waals surface area contributed by atoms with Crippen LogP contribution in [0, 0.1) is 12.8 Å². The van der Waals surface area contributed by atoms with Gasteiger partial charge in [0.05, 0.1) is 11.4 Å². The van der Waals surface area contributed by atoms with Crippen molar-refractivity contribution < 1.29 is 9.59 Å². The Labute approximate surface area is 141 Å². The lowest BCUT2D eigenvalue weighted by Crippen LogP contribution is -2.42. The van der Waals surface area contributed by atoms with Crippen molar-refractivity contribution in [1.82, 2.24) is 14.8 Å². The monoisotopic (exact) mass is 325 g/mol. The lowest BCUT2D eigenvalue weighted by Gasteiger charge is -2.27. The average Bonchev–Trinajstić information content (AvgIpc) is 2.66. The second-order valence-electron chi connectivity index (χ2n) is 7.14. The van der Waals surface area contributed by atoms with Gasteiger partial charge < -0.3 is 14.8 Å². The highest BCUT2D eigenvalue weighted by atomic mass is 16.2. The number of hydrogen-bond acceptors (Lipinski definition) is 2. The number of fused-ring (bicyclic) bond motifs is 4. The molecule has 126 valence electrons. The van der Waals surface area contributed by atoms with E-state index in [-0.39, 0.29) is 23.8 Å². The molecular formula is C19H23N3O2. The summed E-state index contributed by atoms with van der Waals surface area (Å²) in [5, 5.41) is 4.18. The third-order valence-electron chi connectivity index (χ3n) is 5.47. The highest BCUT2D eigenvalue weighted by Gasteiger charge is 2.35. The van der Waals surface area contributed by atoms with Gasteiger partial charge in [-0.15, -0.1) is 0 Å². The Balaban J connectivity index is 1.70. The lowest BCUT2D eigenvalue weighted by molar-refractivity contribution is -0.124. The smallest absolute Gasteiger partial charge is 0.270 e. The molecule has 4 rings (SSSR count). The SMILES string of the molecule is Cc1cccc2cc(C(=O)N3C[C@@H]4CCC[C@H](C3)C(=O)N4)n(C)c12. The fraction of sp³-hybridized carbons (Fsp3) is 0.474. The van der Waals surface area contributed by atoms with Crippen molar-refractivity contribution in [3.8, 4) is 0 Å². The Morgan fingerprint density at radius 1 is 1.25 bits per heavy atom. The highest BCUT2D eigenvalue weighted by Crippen LogP contribution is 2.26. The van der Waals surface area contributed by atoms with Crippen LogP contribution in [0.3, 0.4) is 0 Å². The normalized spacial score (nSPS) is 23.9. The van der Waals surface area contributed by atoms with Gasteiger partial charge in [-0.25, -0.2) is 0 Å². The topological polar surface area (TPSA) is 54.3 Å². The predicted octanol–water partition coefficient (Wildman–Crippen LogP) is 2.23. The van der Waals surface area contributed by atoms with E-state index >= 15 is 0 Å². The molecule has 1 aromatic carbocycles. The fourth-order valence-corrected chi connectivity index (χ4v) is 4.20. The average molecular weight is 325 g/mol. The molecule has 2 atom stereocenters. The zero-order chi connectivity index (χ0) is 16.8. The van der Waals surface area contributed by atoms with E-state index in [1.807, 2.05) is 34.7 Å². The van der Waals surface area contributed by atoms with E-state index in [0.717, 1.165) is 30.2 Å². The summed E-state index contributed by atoms with van der Waals surface area (Å²) in [6.45, 7) is 3.21. The van der Waals surface area contributed by atoms with Crippen LogP contribution in [0.1, 0.15) is 35.3 Å². The standard InChI is InChI=1S/C19H23N3O2/c1-12-5-3-6-13-9-16(21(2)17(12)13)19(24)22-10-14-7-4-8-15(11-22)20-18(14)23/h3,5-6,9,14-15H,4,7-8,10-11H2,1-2H3,(H,20,23)/t14-,15+/m1/s1. The zero-order valence-corrected chi connectivity index (χ0v) is 14.2. The van der Waals surface area contributed by atoms with Crippen LogP contribution in [0.15, 0.2) is 24.3 Å². The Hall–Kier alpha value is -2.30. The second-order valence-corrected chi connectivity index (χ2v) is 7.14. The van der Waals surface area contributed by atoms with E-state index < -0.39 is 0 Å². The molecule has 2 amide bonds. The van der Waals surface area contributed by atoms with Crippen LogP contribution >= 0.6 is 0 Å². The number of benzene rings is 1. The molecule has 0 spiro atoms. The number of amides is 2. The minimum atomic E-state index is -0.0714. The number of para-hydroxylation sites is 1. The molecule has 0 radical (unpaired) electrons. The van der Waals surface area contributed by atoms with Gasteiger partial charge in [-0.2, -0.15) is 0 Å². The first-order valence-electron chi connectivity index (χ1n) is 8.69. The van der Waals surface area contributed by atoms with Gasteiger partial charge in [-0.3, -0.25) is 9.59 Å². The maximum Gasteiger partial charge on any atom is 0.270 e. The van der Waals surface area contributed by atoms with Gasteiger partial charge in [0.1, 0.15) is 5.69 Å². The van der Waals surface area contributed by atoms with E-state index in [1.165, 1.54) is 5.56 Å². The molecule has 1 aromatic heterocycles. The van der Waals surface area contributed by atoms with Crippen LogP contribution in [-0.2, 0) is 11.8 Å². The number of aryl methyl sites for hydroxylation is 2. The van der Waals surface area contributed by atoms with Crippen LogP contribution in [-0.4, -0.2) is 40.4 Å². The predicted molar refractivity (Wildman–Crippen MR) is 92.8 cm³/mol. The molecule has 2 saturated heterocycles. The van der Waals surface area contributed by atoms with E-state index in [1.54, 1.807) is 0 Å². The van der Waals surface area contributed by atoms with Crippen LogP contribution in [0.2, 0.25) is 0 Å². The van der Waals surface area contributed by atoms with E-state index in [2.05, 4.69) is 18.3 Å². The first-order chi connectivity index (χ1) is 11.5. The van der Waals surface area contributed by atoms with Crippen LogP contribution < -0.4 is 5.32 Å². The maximum absolute atomic E-state index is 13.2. The van der Waals surface area contributed by atoms with Gasteiger partial charge in [0.2, 0.25) is 5.91 Å². The number of nitrogens with zero attached hydrogens (tertiary/aromatic N) is 2. The molecule has 1 N–H and O–H groups in total. The summed E-state index contributed by atoms with van der Waals surface area (Å²) in [5.74, 6) is 0.0695. The number of rotatable bonds is 1. The Morgan fingerprint density at radius 2 is 2.08 bits per heavy atom. The van der Waals surface area contributed by atoms with Gasteiger partial charge in [-0.1, -0.05) is 24.6 Å². The van der Waals surface area contributed by atoms with Gasteiger partial charge in [0.15, 0.2) is 0 Å². The van der Waals surface area contributed by atoms with Crippen LogP contribution in [0.4, 0.5) is 0 Å². The molecule has 2 aliphatic rings. The maximum atomic E-state index is 13.2. The molecule has 0 saturated carbocycles. The van der Waals surface area contributed by atoms with Crippen LogP contribution in [0.5, 0.6) is 0 Å². The van der Waals surface area contributed by atoms with E-state index in [4.69, 9.17) is 0 Å². The van der Waals surface area contributed by atoms with Gasteiger partial charge in [0, 0.05) is 31.6 Å². The van der Waals surface area contributed by atoms with E-state index in [9.17, 15) is 9.59 Å². The molecule has 24 heavy (non-hydrogen) atoms. The molecule has 2 bridgehead atoms. The number of carbonyl (C=O) groups is 2. The third-order valence-corrected chi connectivity index (χ3v) is 5.47. The fourth-order valence-electron chi connectivity index (χ4n) is 4.20. The second kappa shape index (κ2) is 5.65. The van der Waals surface area contributed by atoms with Crippen molar-refractivity contribution in [3.63, 3.8) is 0 Å². The summed E-state index contributed by atoms with van der Waals surface area (Å²) in [4.78, 5) is 27.2. The third kappa shape index (κ3) is 2.39. The van der Waals surface area contributed by atoms with Gasteiger partial charge in [-0.05, 0) is 31.4 Å². The van der Waals surface area contributed by atoms with Gasteiger partial charge in [0.25, 0.3) is 5.91 Å². The summed E-state index contributed by atoms with van der Waals surface area (Å²) in [6.07, 6.45) is 2.89. The summed E-state index contributed by atoms with van der Waals surface area (Å²) in [5.41, 5.74) is 2.97. The Bertz CT molecular complexity index is 823. The summed E-state index contributed by atoms with van der Waals surface area (Å²) in [7, 11) is 1.95. The molecule has 5 heteroatoms. The number of aromatic nitrogens is 1. The number of nitrogens with one attached hydrogen (secondary N) is 1. The number of likely N-dealkylation sites (tertiary alicyclic amines) is 1. The Kier molecular flexibility index (Phi) is 3.59. The number of hydrogen-bond donors (Lipinski definition) is 1. The van der Waals surface area contributed by atoms with E-state index in [0.29, 0.717) is 18.8 Å². The quantitative estimate of drug-likeness (QED) is 0.874. The minimum absolute atomic E-state index is 0.0292. The highest BCUT2D eigenvalue weighted by molar-refractivity contribution is 5.99. The first kappa shape index (κ1) is 15.2. The Morgan fingerprint density at radius 3 is 2.88 bits per heavy atom. The molecule has 0 unspecified atom stereocenters. The largest absolute Gasteiger partial charge is 0.351 e. The number of carbonyl (C=O) groups excluding carboxylic acids is 2. The molecular weight excluding hydrogens is 302 g/mol. The van der Waals surface area contributed by atoms with Crippen molar-refractivity contribution in [2.75, 3.05) is 13.1 Å². The molecule has 2 aliphatic heterocycles. The molecule has 3 heterocycles. The van der Waals surface area contributed by atoms with Crippen LogP contribution in [0.25, 0.3) is 10.9 Å². The van der Waals surface area contributed by atoms with Crippen molar-refractivity contribution >= 4 is 22.7 Å². The summed E-state index contributed by atoms with van der Waals surface area (Å²) in [6, 6.07) is 8.19. The van der Waals surface area contributed by atoms with Gasteiger partial charge >= 0.3 is 0 Å². The molecule has 2 aromatic rings. The minimum Gasteiger partial charge on any atom is -0.351 e. The molecule has 0 aliphatic carbocycles. The van der Waals surface area contributed by atoms with Crippen molar-refractivity contribution in [2.24, 2.45) is 13.0 Å². The lowest BCUT2D eigenvalue weighted by atomic mass is 9.99. The first-order valence-corrected chi connectivity index (χ1v) is 8.69. The van der Waals surface area contributed by atoms with Crippen molar-refractivity contribution in [3.05, 3.63) is 35.5 Å². The molecule has 5 nitrogen and oxygen atoms in total. The summed E-state index contributed by atoms with van der Waals surface area (Å²) >= 11 is 0. The molecule has 2 fully saturated rings.